The van der Waals surface area contributed by atoms with Gasteiger partial charge in [-0.25, -0.2) is 4.39 Å². The highest BCUT2D eigenvalue weighted by molar-refractivity contribution is 5.96. The van der Waals surface area contributed by atoms with Crippen LogP contribution in [0.3, 0.4) is 0 Å². The predicted octanol–water partition coefficient (Wildman–Crippen LogP) is 4.64. The minimum atomic E-state index is -0.540. The van der Waals surface area contributed by atoms with Crippen molar-refractivity contribution in [3.05, 3.63) is 77.1 Å². The molecule has 1 aromatic carbocycles. The molecule has 1 saturated heterocycles. The number of nitrogens with zero attached hydrogens (tertiary/aromatic N) is 3. The Morgan fingerprint density at radius 2 is 2.18 bits per heavy atom. The van der Waals surface area contributed by atoms with Crippen LogP contribution in [0.1, 0.15) is 46.3 Å². The Kier molecular flexibility index (Phi) is 4.66. The molecule has 2 aromatic heterocycles. The molecule has 0 aliphatic carbocycles. The van der Waals surface area contributed by atoms with Crippen LogP contribution in [0.4, 0.5) is 4.39 Å². The summed E-state index contributed by atoms with van der Waals surface area (Å²) in [6, 6.07) is 13.1. The van der Waals surface area contributed by atoms with Crippen LogP contribution in [0.5, 0.6) is 0 Å². The molecule has 6 heteroatoms. The van der Waals surface area contributed by atoms with Crippen molar-refractivity contribution in [3.8, 4) is 17.3 Å². The summed E-state index contributed by atoms with van der Waals surface area (Å²) >= 11 is 0. The second kappa shape index (κ2) is 7.28. The quantitative estimate of drug-likeness (QED) is 0.669. The Morgan fingerprint density at radius 3 is 2.93 bits per heavy atom. The number of aromatic nitrogens is 1. The second-order valence-electron chi connectivity index (χ2n) is 6.86. The van der Waals surface area contributed by atoms with Gasteiger partial charge in [0.05, 0.1) is 23.6 Å². The number of hydrogen-bond acceptors (Lipinski definition) is 4. The van der Waals surface area contributed by atoms with Gasteiger partial charge in [0.2, 0.25) is 0 Å². The fraction of sp³-hybridized carbons (Fsp3) is 0.227. The second-order valence-corrected chi connectivity index (χ2v) is 6.86. The summed E-state index contributed by atoms with van der Waals surface area (Å²) in [6.07, 6.45) is 3.25. The number of carbonyl (C=O) groups excluding carboxylic acids is 1. The van der Waals surface area contributed by atoms with E-state index < -0.39 is 5.82 Å². The van der Waals surface area contributed by atoms with Gasteiger partial charge in [-0.05, 0) is 62.2 Å². The monoisotopic (exact) mass is 375 g/mol. The Morgan fingerprint density at radius 1 is 1.32 bits per heavy atom. The number of nitriles is 1. The first-order chi connectivity index (χ1) is 13.6. The van der Waals surface area contributed by atoms with Crippen molar-refractivity contribution in [1.82, 2.24) is 9.88 Å². The third-order valence-corrected chi connectivity index (χ3v) is 4.96. The molecule has 5 nitrogen and oxygen atoms in total. The van der Waals surface area contributed by atoms with Gasteiger partial charge in [-0.1, -0.05) is 0 Å². The van der Waals surface area contributed by atoms with E-state index in [-0.39, 0.29) is 17.5 Å². The normalized spacial score (nSPS) is 16.2. The van der Waals surface area contributed by atoms with Crippen molar-refractivity contribution >= 4 is 5.91 Å². The largest absolute Gasteiger partial charge is 0.467 e. The Hall–Kier alpha value is -3.46. The molecule has 0 spiro atoms. The molecule has 28 heavy (non-hydrogen) atoms. The Bertz CT molecular complexity index is 1070. The molecular weight excluding hydrogens is 357 g/mol. The lowest BCUT2D eigenvalue weighted by Gasteiger charge is -2.23. The van der Waals surface area contributed by atoms with E-state index in [1.54, 1.807) is 42.4 Å². The number of aryl methyl sites for hydroxylation is 1. The zero-order valence-electron chi connectivity index (χ0n) is 15.4. The van der Waals surface area contributed by atoms with Crippen molar-refractivity contribution < 1.29 is 13.6 Å². The van der Waals surface area contributed by atoms with Crippen LogP contribution in [0.2, 0.25) is 0 Å². The van der Waals surface area contributed by atoms with Crippen LogP contribution >= 0.6 is 0 Å². The van der Waals surface area contributed by atoms with E-state index in [1.165, 1.54) is 12.1 Å². The molecule has 0 N–H and O–H groups in total. The van der Waals surface area contributed by atoms with E-state index in [4.69, 9.17) is 4.42 Å². The summed E-state index contributed by atoms with van der Waals surface area (Å²) in [5.41, 5.74) is 2.07. The van der Waals surface area contributed by atoms with Gasteiger partial charge in [-0.3, -0.25) is 9.78 Å². The van der Waals surface area contributed by atoms with Crippen LogP contribution in [-0.2, 0) is 0 Å². The molecule has 1 aliphatic rings. The van der Waals surface area contributed by atoms with Crippen molar-refractivity contribution in [3.63, 3.8) is 0 Å². The number of furan rings is 1. The highest BCUT2D eigenvalue weighted by Gasteiger charge is 2.32. The highest BCUT2D eigenvalue weighted by Crippen LogP contribution is 2.34. The van der Waals surface area contributed by atoms with Crippen LogP contribution in [0.25, 0.3) is 11.3 Å². The Balaban J connectivity index is 1.73. The fourth-order valence-corrected chi connectivity index (χ4v) is 3.67. The summed E-state index contributed by atoms with van der Waals surface area (Å²) in [7, 11) is 0. The summed E-state index contributed by atoms with van der Waals surface area (Å²) in [5, 5.41) is 9.36. The molecule has 3 aromatic rings. The van der Waals surface area contributed by atoms with Crippen molar-refractivity contribution in [2.24, 2.45) is 0 Å². The molecule has 1 aliphatic heterocycles. The maximum atomic E-state index is 14.4. The number of benzene rings is 1. The number of hydrogen-bond donors (Lipinski definition) is 0. The SMILES string of the molecule is Cc1ccc(C#N)c(-c2cc(F)cc(C(=O)N3CCCC3c3ccco3)c2)n1. The first-order valence-corrected chi connectivity index (χ1v) is 9.10. The predicted molar refractivity (Wildman–Crippen MR) is 101 cm³/mol. The average molecular weight is 375 g/mol. The number of amides is 1. The van der Waals surface area contributed by atoms with E-state index in [1.807, 2.05) is 6.07 Å². The van der Waals surface area contributed by atoms with Gasteiger partial charge in [-0.2, -0.15) is 5.26 Å². The maximum absolute atomic E-state index is 14.4. The summed E-state index contributed by atoms with van der Waals surface area (Å²) in [4.78, 5) is 19.2. The topological polar surface area (TPSA) is 70.1 Å². The smallest absolute Gasteiger partial charge is 0.254 e. The van der Waals surface area contributed by atoms with E-state index in [0.717, 1.165) is 18.6 Å². The average Bonchev–Trinajstić information content (AvgIpc) is 3.38. The summed E-state index contributed by atoms with van der Waals surface area (Å²) in [6.45, 7) is 2.39. The highest BCUT2D eigenvalue weighted by atomic mass is 19.1. The molecule has 1 atom stereocenters. The van der Waals surface area contributed by atoms with Gasteiger partial charge in [0, 0.05) is 23.4 Å². The summed E-state index contributed by atoms with van der Waals surface area (Å²) < 4.78 is 19.8. The van der Waals surface area contributed by atoms with Crippen LogP contribution < -0.4 is 0 Å². The molecule has 1 amide bonds. The molecule has 1 unspecified atom stereocenters. The lowest BCUT2D eigenvalue weighted by Crippen LogP contribution is -2.30. The lowest BCUT2D eigenvalue weighted by atomic mass is 10.0. The van der Waals surface area contributed by atoms with Crippen LogP contribution in [0, 0.1) is 24.1 Å². The van der Waals surface area contributed by atoms with Crippen LogP contribution in [-0.4, -0.2) is 22.3 Å². The zero-order chi connectivity index (χ0) is 19.7. The molecule has 1 fully saturated rings. The minimum absolute atomic E-state index is 0.152. The lowest BCUT2D eigenvalue weighted by molar-refractivity contribution is 0.0719. The number of likely N-dealkylation sites (tertiary alicyclic amines) is 1. The molecule has 0 bridgehead atoms. The first-order valence-electron chi connectivity index (χ1n) is 9.10. The number of pyridine rings is 1. The third kappa shape index (κ3) is 3.27. The van der Waals surface area contributed by atoms with Gasteiger partial charge < -0.3 is 9.32 Å². The van der Waals surface area contributed by atoms with Gasteiger partial charge in [-0.15, -0.1) is 0 Å². The Labute approximate surface area is 162 Å². The van der Waals surface area contributed by atoms with Gasteiger partial charge in [0.25, 0.3) is 5.91 Å². The number of rotatable bonds is 3. The molecule has 0 saturated carbocycles. The standard InChI is InChI=1S/C22H18FN3O2/c1-14-6-7-15(13-24)21(25-14)16-10-17(12-18(23)11-16)22(27)26-8-2-4-19(26)20-5-3-9-28-20/h3,5-7,9-12,19H,2,4,8H2,1H3. The van der Waals surface area contributed by atoms with Crippen molar-refractivity contribution in [1.29, 1.82) is 5.26 Å². The molecule has 140 valence electrons. The van der Waals surface area contributed by atoms with Crippen molar-refractivity contribution in [2.75, 3.05) is 6.54 Å². The fourth-order valence-electron chi connectivity index (χ4n) is 3.67. The van der Waals surface area contributed by atoms with Crippen molar-refractivity contribution in [2.45, 2.75) is 25.8 Å². The van der Waals surface area contributed by atoms with E-state index >= 15 is 0 Å². The maximum Gasteiger partial charge on any atom is 0.254 e. The minimum Gasteiger partial charge on any atom is -0.467 e. The molecular formula is C22H18FN3O2. The van der Waals surface area contributed by atoms with Gasteiger partial charge in [0.15, 0.2) is 0 Å². The molecule has 0 radical (unpaired) electrons. The zero-order valence-corrected chi connectivity index (χ0v) is 15.4. The number of carbonyl (C=O) groups is 1. The van der Waals surface area contributed by atoms with E-state index in [0.29, 0.717) is 29.1 Å². The number of halogens is 1. The van der Waals surface area contributed by atoms with Gasteiger partial charge in [0.1, 0.15) is 17.6 Å². The molecule has 3 heterocycles. The van der Waals surface area contributed by atoms with Gasteiger partial charge >= 0.3 is 0 Å². The van der Waals surface area contributed by atoms with E-state index in [9.17, 15) is 14.4 Å². The third-order valence-electron chi connectivity index (χ3n) is 4.96. The van der Waals surface area contributed by atoms with Crippen LogP contribution in [0.15, 0.2) is 53.1 Å². The first kappa shape index (κ1) is 17.9. The summed E-state index contributed by atoms with van der Waals surface area (Å²) in [5.74, 6) is -0.0674. The van der Waals surface area contributed by atoms with E-state index in [2.05, 4.69) is 11.1 Å². The molecule has 4 rings (SSSR count).